The molecule has 21 heavy (non-hydrogen) atoms. The van der Waals surface area contributed by atoms with Crippen LogP contribution in [0.25, 0.3) is 10.9 Å². The van der Waals surface area contributed by atoms with Crippen LogP contribution >= 0.6 is 0 Å². The lowest BCUT2D eigenvalue weighted by Gasteiger charge is -2.16. The highest BCUT2D eigenvalue weighted by atomic mass is 16.2. The van der Waals surface area contributed by atoms with Gasteiger partial charge in [0.05, 0.1) is 0 Å². The average Bonchev–Trinajstić information content (AvgIpc) is 3.29. The van der Waals surface area contributed by atoms with Crippen molar-refractivity contribution in [2.24, 2.45) is 0 Å². The van der Waals surface area contributed by atoms with Gasteiger partial charge in [-0.15, -0.1) is 0 Å². The lowest BCUT2D eigenvalue weighted by atomic mass is 10.2. The van der Waals surface area contributed by atoms with Crippen LogP contribution in [0.3, 0.4) is 0 Å². The molecule has 0 spiro atoms. The first kappa shape index (κ1) is 14.1. The number of carbonyl (C=O) groups is 1. The Bertz CT molecular complexity index is 643. The quantitative estimate of drug-likeness (QED) is 0.885. The van der Waals surface area contributed by atoms with Gasteiger partial charge in [-0.3, -0.25) is 4.79 Å². The Morgan fingerprint density at radius 3 is 2.86 bits per heavy atom. The molecule has 0 radical (unpaired) electrons. The largest absolute Gasteiger partial charge is 0.341 e. The number of likely N-dealkylation sites (N-methyl/N-ethyl adjacent to an activating group) is 1. The standard InChI is InChI=1S/C17H23N3O/c1-3-18-10-13-11-20(16-7-5-4-6-15(13)16)12-17(21)19(2)14-8-9-14/h4-7,11,14,18H,3,8-10,12H2,1-2H3. The number of rotatable bonds is 6. The van der Waals surface area contributed by atoms with Crippen molar-refractivity contribution in [1.82, 2.24) is 14.8 Å². The SMILES string of the molecule is CCNCc1cn(CC(=O)N(C)C2CC2)c2ccccc12. The summed E-state index contributed by atoms with van der Waals surface area (Å²) >= 11 is 0. The smallest absolute Gasteiger partial charge is 0.242 e. The van der Waals surface area contributed by atoms with E-state index >= 15 is 0 Å². The Morgan fingerprint density at radius 2 is 2.14 bits per heavy atom. The summed E-state index contributed by atoms with van der Waals surface area (Å²) < 4.78 is 2.09. The normalized spacial score (nSPS) is 14.6. The zero-order valence-electron chi connectivity index (χ0n) is 12.8. The number of nitrogens with one attached hydrogen (secondary N) is 1. The molecule has 2 aromatic rings. The molecular formula is C17H23N3O. The van der Waals surface area contributed by atoms with Crippen molar-refractivity contribution in [3.05, 3.63) is 36.0 Å². The number of hydrogen-bond donors (Lipinski definition) is 1. The molecule has 1 aromatic heterocycles. The van der Waals surface area contributed by atoms with E-state index in [9.17, 15) is 4.79 Å². The summed E-state index contributed by atoms with van der Waals surface area (Å²) in [7, 11) is 1.92. The number of nitrogens with zero attached hydrogens (tertiary/aromatic N) is 2. The summed E-state index contributed by atoms with van der Waals surface area (Å²) in [5.41, 5.74) is 2.40. The maximum atomic E-state index is 12.4. The second-order valence-electron chi connectivity index (χ2n) is 5.82. The first-order valence-electron chi connectivity index (χ1n) is 7.74. The van der Waals surface area contributed by atoms with Crippen molar-refractivity contribution in [2.75, 3.05) is 13.6 Å². The van der Waals surface area contributed by atoms with Gasteiger partial charge in [0, 0.05) is 36.7 Å². The lowest BCUT2D eigenvalue weighted by Crippen LogP contribution is -2.31. The second-order valence-corrected chi connectivity index (χ2v) is 5.82. The van der Waals surface area contributed by atoms with Crippen LogP contribution in [0.2, 0.25) is 0 Å². The van der Waals surface area contributed by atoms with E-state index in [1.807, 2.05) is 18.0 Å². The van der Waals surface area contributed by atoms with Gasteiger partial charge in [-0.25, -0.2) is 0 Å². The number of amides is 1. The lowest BCUT2D eigenvalue weighted by molar-refractivity contribution is -0.130. The Kier molecular flexibility index (Phi) is 3.97. The zero-order valence-corrected chi connectivity index (χ0v) is 12.8. The maximum absolute atomic E-state index is 12.4. The molecule has 1 aliphatic rings. The van der Waals surface area contributed by atoms with Crippen LogP contribution in [0.1, 0.15) is 25.3 Å². The third-order valence-corrected chi connectivity index (χ3v) is 4.23. The summed E-state index contributed by atoms with van der Waals surface area (Å²) in [5.74, 6) is 0.202. The van der Waals surface area contributed by atoms with Crippen molar-refractivity contribution in [2.45, 2.75) is 38.9 Å². The molecule has 3 rings (SSSR count). The summed E-state index contributed by atoms with van der Waals surface area (Å²) in [6.07, 6.45) is 4.42. The molecule has 1 heterocycles. The van der Waals surface area contributed by atoms with E-state index in [-0.39, 0.29) is 5.91 Å². The molecule has 0 atom stereocenters. The van der Waals surface area contributed by atoms with Crippen LogP contribution in [0.15, 0.2) is 30.5 Å². The van der Waals surface area contributed by atoms with E-state index in [0.717, 1.165) is 31.4 Å². The average molecular weight is 285 g/mol. The number of aromatic nitrogens is 1. The highest BCUT2D eigenvalue weighted by Crippen LogP contribution is 2.26. The van der Waals surface area contributed by atoms with Crippen LogP contribution in [-0.4, -0.2) is 35.0 Å². The van der Waals surface area contributed by atoms with Crippen LogP contribution in [0, 0.1) is 0 Å². The van der Waals surface area contributed by atoms with Crippen molar-refractivity contribution < 1.29 is 4.79 Å². The monoisotopic (exact) mass is 285 g/mol. The first-order valence-corrected chi connectivity index (χ1v) is 7.74. The molecule has 1 N–H and O–H groups in total. The van der Waals surface area contributed by atoms with E-state index in [1.54, 1.807) is 0 Å². The molecule has 0 saturated heterocycles. The van der Waals surface area contributed by atoms with E-state index in [4.69, 9.17) is 0 Å². The van der Waals surface area contributed by atoms with E-state index in [2.05, 4.69) is 41.2 Å². The number of benzene rings is 1. The Labute approximate surface area is 125 Å². The number of carbonyl (C=O) groups excluding carboxylic acids is 1. The van der Waals surface area contributed by atoms with Gasteiger partial charge in [0.2, 0.25) is 5.91 Å². The van der Waals surface area contributed by atoms with Gasteiger partial charge in [-0.2, -0.15) is 0 Å². The van der Waals surface area contributed by atoms with Crippen molar-refractivity contribution in [3.8, 4) is 0 Å². The van der Waals surface area contributed by atoms with Gasteiger partial charge in [-0.1, -0.05) is 25.1 Å². The van der Waals surface area contributed by atoms with Crippen molar-refractivity contribution >= 4 is 16.8 Å². The minimum absolute atomic E-state index is 0.202. The predicted octanol–water partition coefficient (Wildman–Crippen LogP) is 2.37. The van der Waals surface area contributed by atoms with Crippen molar-refractivity contribution in [1.29, 1.82) is 0 Å². The molecule has 0 unspecified atom stereocenters. The van der Waals surface area contributed by atoms with Gasteiger partial charge >= 0.3 is 0 Å². The molecule has 1 aromatic carbocycles. The fourth-order valence-corrected chi connectivity index (χ4v) is 2.78. The molecule has 1 saturated carbocycles. The summed E-state index contributed by atoms with van der Waals surface area (Å²) in [4.78, 5) is 14.3. The highest BCUT2D eigenvalue weighted by Gasteiger charge is 2.29. The van der Waals surface area contributed by atoms with E-state index in [0.29, 0.717) is 12.6 Å². The van der Waals surface area contributed by atoms with Crippen LogP contribution in [0.5, 0.6) is 0 Å². The van der Waals surface area contributed by atoms with Crippen molar-refractivity contribution in [3.63, 3.8) is 0 Å². The third-order valence-electron chi connectivity index (χ3n) is 4.23. The summed E-state index contributed by atoms with van der Waals surface area (Å²) in [6.45, 7) is 4.33. The van der Waals surface area contributed by atoms with E-state index in [1.165, 1.54) is 10.9 Å². The third kappa shape index (κ3) is 2.95. The van der Waals surface area contributed by atoms with Crippen LogP contribution < -0.4 is 5.32 Å². The minimum Gasteiger partial charge on any atom is -0.341 e. The minimum atomic E-state index is 0.202. The summed E-state index contributed by atoms with van der Waals surface area (Å²) in [5, 5.41) is 4.60. The zero-order chi connectivity index (χ0) is 14.8. The molecule has 0 aliphatic heterocycles. The van der Waals surface area contributed by atoms with Crippen LogP contribution in [-0.2, 0) is 17.9 Å². The molecule has 1 amide bonds. The van der Waals surface area contributed by atoms with Crippen LogP contribution in [0.4, 0.5) is 0 Å². The molecular weight excluding hydrogens is 262 g/mol. The number of fused-ring (bicyclic) bond motifs is 1. The molecule has 1 fully saturated rings. The molecule has 0 bridgehead atoms. The molecule has 4 nitrogen and oxygen atoms in total. The number of hydrogen-bond acceptors (Lipinski definition) is 2. The molecule has 1 aliphatic carbocycles. The highest BCUT2D eigenvalue weighted by molar-refractivity contribution is 5.86. The Morgan fingerprint density at radius 1 is 1.38 bits per heavy atom. The van der Waals surface area contributed by atoms with E-state index < -0.39 is 0 Å². The Hall–Kier alpha value is -1.81. The van der Waals surface area contributed by atoms with Gasteiger partial charge < -0.3 is 14.8 Å². The van der Waals surface area contributed by atoms with Gasteiger partial charge in [0.25, 0.3) is 0 Å². The fourth-order valence-electron chi connectivity index (χ4n) is 2.78. The first-order chi connectivity index (χ1) is 10.2. The fraction of sp³-hybridized carbons (Fsp3) is 0.471. The maximum Gasteiger partial charge on any atom is 0.242 e. The number of para-hydroxylation sites is 1. The van der Waals surface area contributed by atoms with Gasteiger partial charge in [-0.05, 0) is 31.0 Å². The van der Waals surface area contributed by atoms with Gasteiger partial charge in [0.1, 0.15) is 6.54 Å². The summed E-state index contributed by atoms with van der Waals surface area (Å²) in [6, 6.07) is 8.79. The topological polar surface area (TPSA) is 37.3 Å². The molecule has 112 valence electrons. The Balaban J connectivity index is 1.85. The second kappa shape index (κ2) is 5.90. The predicted molar refractivity (Wildman–Crippen MR) is 85.1 cm³/mol. The molecule has 4 heteroatoms. The van der Waals surface area contributed by atoms with Gasteiger partial charge in [0.15, 0.2) is 0 Å².